The van der Waals surface area contributed by atoms with Gasteiger partial charge in [0.2, 0.25) is 0 Å². The Labute approximate surface area is 117 Å². The van der Waals surface area contributed by atoms with Gasteiger partial charge in [-0.3, -0.25) is 25.0 Å². The zero-order chi connectivity index (χ0) is 16.2. The van der Waals surface area contributed by atoms with Gasteiger partial charge in [0.1, 0.15) is 9.85 Å². The lowest BCUT2D eigenvalue weighted by Gasteiger charge is -2.07. The van der Waals surface area contributed by atoms with Crippen molar-refractivity contribution in [2.75, 3.05) is 0 Å². The van der Waals surface area contributed by atoms with E-state index in [1.54, 1.807) is 6.07 Å². The molecule has 0 fully saturated rings. The number of benzene rings is 1. The molecule has 0 aromatic heterocycles. The number of carboxylic acid groups (broad SMARTS) is 1. The van der Waals surface area contributed by atoms with E-state index in [1.165, 1.54) is 24.3 Å². The largest absolute Gasteiger partial charge is 0.512 e. The number of hydrogen-bond donors (Lipinski definition) is 1. The molecule has 1 N–H and O–H groups in total. The third-order valence-electron chi connectivity index (χ3n) is 2.65. The number of carbonyl (C=O) groups excluding carboxylic acids is 1. The fourth-order valence-electron chi connectivity index (χ4n) is 1.69. The summed E-state index contributed by atoms with van der Waals surface area (Å²) in [5.74, 6) is -2.97. The Morgan fingerprint density at radius 2 is 1.57 bits per heavy atom. The number of carbonyl (C=O) groups is 2. The average Bonchev–Trinajstić information content (AvgIpc) is 2.38. The molecule has 9 nitrogen and oxygen atoms in total. The fourth-order valence-corrected chi connectivity index (χ4v) is 1.69. The van der Waals surface area contributed by atoms with Crippen molar-refractivity contribution in [2.45, 2.75) is 13.1 Å². The number of nitrogens with zero attached hydrogens (tertiary/aromatic N) is 2. The van der Waals surface area contributed by atoms with E-state index in [-0.39, 0.29) is 5.56 Å². The zero-order valence-corrected chi connectivity index (χ0v) is 10.8. The van der Waals surface area contributed by atoms with Crippen molar-refractivity contribution in [3.63, 3.8) is 0 Å². The van der Waals surface area contributed by atoms with E-state index in [1.807, 2.05) is 0 Å². The van der Waals surface area contributed by atoms with Gasteiger partial charge in [0.05, 0.1) is 5.57 Å². The Bertz CT molecular complexity index is 622. The molecule has 0 amide bonds. The number of nitro groups is 2. The molecule has 0 aliphatic heterocycles. The summed E-state index contributed by atoms with van der Waals surface area (Å²) in [6.45, 7) is 1.01. The van der Waals surface area contributed by atoms with Crippen LogP contribution in [0.1, 0.15) is 12.5 Å². The summed E-state index contributed by atoms with van der Waals surface area (Å²) < 4.78 is 0. The molecule has 0 aliphatic rings. The molecule has 0 saturated carbocycles. The van der Waals surface area contributed by atoms with Gasteiger partial charge in [-0.05, 0) is 12.5 Å². The maximum atomic E-state index is 11.8. The molecule has 0 unspecified atom stereocenters. The lowest BCUT2D eigenvalue weighted by atomic mass is 9.97. The van der Waals surface area contributed by atoms with Gasteiger partial charge in [-0.1, -0.05) is 30.3 Å². The SMILES string of the molecule is CC(C(=O)C([N+](=O)[O-])[N+](=O)[O-])=C(C(=O)O)c1ccccc1. The van der Waals surface area contributed by atoms with Crippen LogP contribution in [0.2, 0.25) is 0 Å². The molecule has 1 aromatic rings. The smallest absolute Gasteiger partial charge is 0.478 e. The molecule has 0 radical (unpaired) electrons. The average molecular weight is 294 g/mol. The summed E-state index contributed by atoms with van der Waals surface area (Å²) in [4.78, 5) is 41.5. The van der Waals surface area contributed by atoms with Crippen LogP contribution in [0.25, 0.3) is 5.57 Å². The summed E-state index contributed by atoms with van der Waals surface area (Å²) in [6.07, 6.45) is -2.72. The Morgan fingerprint density at radius 3 is 1.95 bits per heavy atom. The molecule has 21 heavy (non-hydrogen) atoms. The van der Waals surface area contributed by atoms with Crippen LogP contribution in [0.5, 0.6) is 0 Å². The number of aliphatic carboxylic acids is 1. The van der Waals surface area contributed by atoms with Crippen LogP contribution >= 0.6 is 0 Å². The van der Waals surface area contributed by atoms with E-state index in [9.17, 15) is 29.8 Å². The van der Waals surface area contributed by atoms with Crippen molar-refractivity contribution in [2.24, 2.45) is 0 Å². The Hall–Kier alpha value is -3.10. The molecule has 0 atom stereocenters. The predicted octanol–water partition coefficient (Wildman–Crippen LogP) is 0.993. The third-order valence-corrected chi connectivity index (χ3v) is 2.65. The molecule has 9 heteroatoms. The summed E-state index contributed by atoms with van der Waals surface area (Å²) in [7, 11) is 0. The van der Waals surface area contributed by atoms with Crippen molar-refractivity contribution < 1.29 is 24.5 Å². The summed E-state index contributed by atoms with van der Waals surface area (Å²) in [5.41, 5.74) is -0.928. The topological polar surface area (TPSA) is 141 Å². The summed E-state index contributed by atoms with van der Waals surface area (Å²) >= 11 is 0. The monoisotopic (exact) mass is 294 g/mol. The fraction of sp³-hybridized carbons (Fsp3) is 0.167. The normalized spacial score (nSPS) is 11.7. The van der Waals surface area contributed by atoms with E-state index >= 15 is 0 Å². The second kappa shape index (κ2) is 6.37. The van der Waals surface area contributed by atoms with Crippen LogP contribution in [0.15, 0.2) is 35.9 Å². The number of rotatable bonds is 6. The Kier molecular flexibility index (Phi) is 4.84. The summed E-state index contributed by atoms with van der Waals surface area (Å²) in [5, 5.41) is 30.3. The Morgan fingerprint density at radius 1 is 1.10 bits per heavy atom. The number of hydrogen-bond acceptors (Lipinski definition) is 6. The van der Waals surface area contributed by atoms with Crippen molar-refractivity contribution >= 4 is 17.3 Å². The third kappa shape index (κ3) is 3.47. The second-order valence-electron chi connectivity index (χ2n) is 3.98. The first kappa shape index (κ1) is 16.0. The van der Waals surface area contributed by atoms with Crippen molar-refractivity contribution in [1.29, 1.82) is 0 Å². The van der Waals surface area contributed by atoms with Crippen LogP contribution in [-0.2, 0) is 9.59 Å². The van der Waals surface area contributed by atoms with Crippen molar-refractivity contribution in [3.05, 3.63) is 61.7 Å². The van der Waals surface area contributed by atoms with Gasteiger partial charge < -0.3 is 5.11 Å². The number of Topliss-reactive ketones (excluding diaryl/α,β-unsaturated/α-hetero) is 1. The van der Waals surface area contributed by atoms with Crippen molar-refractivity contribution in [3.8, 4) is 0 Å². The quantitative estimate of drug-likeness (QED) is 0.357. The van der Waals surface area contributed by atoms with Crippen LogP contribution in [0.3, 0.4) is 0 Å². The molecule has 0 spiro atoms. The molecular weight excluding hydrogens is 284 g/mol. The van der Waals surface area contributed by atoms with E-state index in [2.05, 4.69) is 0 Å². The second-order valence-corrected chi connectivity index (χ2v) is 3.98. The molecule has 0 bridgehead atoms. The van der Waals surface area contributed by atoms with Gasteiger partial charge in [0, 0.05) is 5.57 Å². The Balaban J connectivity index is 3.42. The zero-order valence-electron chi connectivity index (χ0n) is 10.8. The minimum absolute atomic E-state index is 0.126. The highest BCUT2D eigenvalue weighted by atomic mass is 16.7. The van der Waals surface area contributed by atoms with Crippen LogP contribution in [-0.4, -0.2) is 32.9 Å². The maximum Gasteiger partial charge on any atom is 0.512 e. The highest BCUT2D eigenvalue weighted by Crippen LogP contribution is 2.21. The highest BCUT2D eigenvalue weighted by molar-refractivity contribution is 6.23. The first-order valence-electron chi connectivity index (χ1n) is 5.58. The van der Waals surface area contributed by atoms with E-state index in [0.717, 1.165) is 6.92 Å². The predicted molar refractivity (Wildman–Crippen MR) is 69.5 cm³/mol. The van der Waals surface area contributed by atoms with Crippen LogP contribution < -0.4 is 0 Å². The lowest BCUT2D eigenvalue weighted by Crippen LogP contribution is -2.38. The van der Waals surface area contributed by atoms with Gasteiger partial charge in [-0.25, -0.2) is 4.79 Å². The molecule has 0 heterocycles. The first-order valence-corrected chi connectivity index (χ1v) is 5.58. The molecular formula is C12H10N2O7. The first-order chi connectivity index (χ1) is 9.77. The molecule has 110 valence electrons. The standard InChI is InChI=1S/C12H10N2O7/c1-7(10(15)11(13(18)19)14(20)21)9(12(16)17)8-5-3-2-4-6-8/h2-6,11H,1H3,(H,16,17). The summed E-state index contributed by atoms with van der Waals surface area (Å²) in [6, 6.07) is 7.39. The van der Waals surface area contributed by atoms with E-state index in [4.69, 9.17) is 5.11 Å². The minimum atomic E-state index is -2.72. The van der Waals surface area contributed by atoms with E-state index in [0.29, 0.717) is 0 Å². The minimum Gasteiger partial charge on any atom is -0.478 e. The van der Waals surface area contributed by atoms with E-state index < -0.39 is 38.9 Å². The number of ketones is 1. The molecule has 1 aromatic carbocycles. The van der Waals surface area contributed by atoms with Gasteiger partial charge in [0.25, 0.3) is 0 Å². The lowest BCUT2D eigenvalue weighted by molar-refractivity contribution is -0.722. The molecule has 0 saturated heterocycles. The molecule has 1 rings (SSSR count). The van der Waals surface area contributed by atoms with Gasteiger partial charge in [-0.2, -0.15) is 0 Å². The number of carboxylic acids is 1. The van der Waals surface area contributed by atoms with Gasteiger partial charge in [0.15, 0.2) is 0 Å². The van der Waals surface area contributed by atoms with Gasteiger partial charge in [-0.15, -0.1) is 0 Å². The molecule has 0 aliphatic carbocycles. The van der Waals surface area contributed by atoms with Crippen molar-refractivity contribution in [1.82, 2.24) is 0 Å². The van der Waals surface area contributed by atoms with Crippen LogP contribution in [0, 0.1) is 20.2 Å². The highest BCUT2D eigenvalue weighted by Gasteiger charge is 2.43. The maximum absolute atomic E-state index is 11.8. The van der Waals surface area contributed by atoms with Crippen LogP contribution in [0.4, 0.5) is 0 Å². The van der Waals surface area contributed by atoms with Gasteiger partial charge >= 0.3 is 17.9 Å².